The van der Waals surface area contributed by atoms with Crippen LogP contribution in [0.25, 0.3) is 0 Å². The quantitative estimate of drug-likeness (QED) is 0.756. The number of carboxylic acids is 1. The molecule has 0 saturated carbocycles. The molecule has 0 aromatic heterocycles. The van der Waals surface area contributed by atoms with E-state index in [9.17, 15) is 9.59 Å². The van der Waals surface area contributed by atoms with Crippen molar-refractivity contribution in [1.29, 1.82) is 0 Å². The zero-order valence-electron chi connectivity index (χ0n) is 13.5. The number of urea groups is 1. The number of hydrogen-bond donors (Lipinski definition) is 2. The first-order chi connectivity index (χ1) is 11.1. The molecule has 0 atom stereocenters. The van der Waals surface area contributed by atoms with E-state index < -0.39 is 5.97 Å². The molecule has 1 heterocycles. The van der Waals surface area contributed by atoms with Gasteiger partial charge in [-0.1, -0.05) is 13.0 Å². The van der Waals surface area contributed by atoms with Crippen LogP contribution in [0.4, 0.5) is 4.79 Å². The highest BCUT2D eigenvalue weighted by Gasteiger charge is 2.20. The van der Waals surface area contributed by atoms with Gasteiger partial charge in [0.15, 0.2) is 0 Å². The number of nitrogens with one attached hydrogen (secondary N) is 1. The summed E-state index contributed by atoms with van der Waals surface area (Å²) in [5.41, 5.74) is 2.37. The lowest BCUT2D eigenvalue weighted by atomic mass is 10.00. The third kappa shape index (κ3) is 5.16. The molecule has 6 heteroatoms. The van der Waals surface area contributed by atoms with Gasteiger partial charge in [0.25, 0.3) is 0 Å². The van der Waals surface area contributed by atoms with Crippen molar-refractivity contribution < 1.29 is 19.4 Å². The van der Waals surface area contributed by atoms with Crippen LogP contribution in [-0.4, -0.2) is 41.7 Å². The molecule has 1 aromatic carbocycles. The number of fused-ring (bicyclic) bond motifs is 1. The summed E-state index contributed by atoms with van der Waals surface area (Å²) >= 11 is 0. The lowest BCUT2D eigenvalue weighted by molar-refractivity contribution is -0.137. The predicted octanol–water partition coefficient (Wildman–Crippen LogP) is 2.41. The van der Waals surface area contributed by atoms with Gasteiger partial charge >= 0.3 is 12.0 Å². The molecule has 126 valence electrons. The molecule has 1 aliphatic heterocycles. The molecule has 0 fully saturated rings. The van der Waals surface area contributed by atoms with Crippen molar-refractivity contribution >= 4 is 12.0 Å². The van der Waals surface area contributed by atoms with Crippen LogP contribution < -0.4 is 10.1 Å². The molecule has 0 unspecified atom stereocenters. The van der Waals surface area contributed by atoms with Crippen LogP contribution in [0.15, 0.2) is 18.2 Å². The van der Waals surface area contributed by atoms with E-state index in [0.717, 1.165) is 24.2 Å². The molecule has 2 N–H and O–H groups in total. The maximum Gasteiger partial charge on any atom is 0.317 e. The standard InChI is InChI=1S/C17H24N2O4/c1-2-10-23-15-6-5-14-12-19(9-7-13(14)11-15)17(22)18-8-3-4-16(20)21/h5-6,11H,2-4,7-10,12H2,1H3,(H,18,22)(H,20,21). The molecule has 6 nitrogen and oxygen atoms in total. The first-order valence-electron chi connectivity index (χ1n) is 8.09. The van der Waals surface area contributed by atoms with E-state index in [4.69, 9.17) is 9.84 Å². The van der Waals surface area contributed by atoms with E-state index in [-0.39, 0.29) is 12.5 Å². The number of amides is 2. The van der Waals surface area contributed by atoms with Crippen LogP contribution in [0.3, 0.4) is 0 Å². The second-order valence-corrected chi connectivity index (χ2v) is 5.68. The van der Waals surface area contributed by atoms with Gasteiger partial charge in [0.1, 0.15) is 5.75 Å². The fourth-order valence-corrected chi connectivity index (χ4v) is 2.56. The van der Waals surface area contributed by atoms with Crippen LogP contribution in [0, 0.1) is 0 Å². The number of carbonyl (C=O) groups excluding carboxylic acids is 1. The lowest BCUT2D eigenvalue weighted by Crippen LogP contribution is -2.43. The number of benzene rings is 1. The summed E-state index contributed by atoms with van der Waals surface area (Å²) in [5.74, 6) is 0.0458. The van der Waals surface area contributed by atoms with Gasteiger partial charge in [-0.15, -0.1) is 0 Å². The number of nitrogens with zero attached hydrogens (tertiary/aromatic N) is 1. The Kier molecular flexibility index (Phi) is 6.26. The number of ether oxygens (including phenoxy) is 1. The zero-order valence-corrected chi connectivity index (χ0v) is 13.5. The first kappa shape index (κ1) is 17.1. The van der Waals surface area contributed by atoms with Gasteiger partial charge in [-0.25, -0.2) is 4.79 Å². The number of aliphatic carboxylic acids is 1. The molecule has 0 saturated heterocycles. The normalized spacial score (nSPS) is 13.3. The van der Waals surface area contributed by atoms with Gasteiger partial charge in [-0.3, -0.25) is 4.79 Å². The van der Waals surface area contributed by atoms with Crippen molar-refractivity contribution in [2.75, 3.05) is 19.7 Å². The maximum atomic E-state index is 12.1. The minimum atomic E-state index is -0.841. The van der Waals surface area contributed by atoms with Gasteiger partial charge in [0.05, 0.1) is 6.61 Å². The zero-order chi connectivity index (χ0) is 16.7. The van der Waals surface area contributed by atoms with Crippen molar-refractivity contribution in [1.82, 2.24) is 10.2 Å². The van der Waals surface area contributed by atoms with E-state index in [1.54, 1.807) is 4.90 Å². The number of hydrogen-bond acceptors (Lipinski definition) is 3. The number of rotatable bonds is 7. The maximum absolute atomic E-state index is 12.1. The fraction of sp³-hybridized carbons (Fsp3) is 0.529. The van der Waals surface area contributed by atoms with Gasteiger partial charge < -0.3 is 20.1 Å². The van der Waals surface area contributed by atoms with E-state index >= 15 is 0 Å². The Bertz CT molecular complexity index is 560. The van der Waals surface area contributed by atoms with Crippen molar-refractivity contribution in [3.63, 3.8) is 0 Å². The Morgan fingerprint density at radius 2 is 2.17 bits per heavy atom. The Labute approximate surface area is 136 Å². The van der Waals surface area contributed by atoms with Gasteiger partial charge in [0, 0.05) is 26.1 Å². The molecule has 1 aromatic rings. The second kappa shape index (κ2) is 8.41. The summed E-state index contributed by atoms with van der Waals surface area (Å²) in [6, 6.07) is 5.90. The van der Waals surface area contributed by atoms with Gasteiger partial charge in [-0.2, -0.15) is 0 Å². The summed E-state index contributed by atoms with van der Waals surface area (Å²) < 4.78 is 5.64. The van der Waals surface area contributed by atoms with Crippen molar-refractivity contribution in [2.45, 2.75) is 39.2 Å². The Hall–Kier alpha value is -2.24. The monoisotopic (exact) mass is 320 g/mol. The molecular weight excluding hydrogens is 296 g/mol. The largest absolute Gasteiger partial charge is 0.494 e. The summed E-state index contributed by atoms with van der Waals surface area (Å²) in [5, 5.41) is 11.4. The Morgan fingerprint density at radius 1 is 1.35 bits per heavy atom. The molecule has 23 heavy (non-hydrogen) atoms. The molecule has 0 bridgehead atoms. The smallest absolute Gasteiger partial charge is 0.317 e. The van der Waals surface area contributed by atoms with Crippen LogP contribution in [-0.2, 0) is 17.8 Å². The SMILES string of the molecule is CCCOc1ccc2c(c1)CCN(C(=O)NCCCC(=O)O)C2. The second-order valence-electron chi connectivity index (χ2n) is 5.68. The Balaban J connectivity index is 1.85. The molecule has 0 radical (unpaired) electrons. The highest BCUT2D eigenvalue weighted by Crippen LogP contribution is 2.24. The van der Waals surface area contributed by atoms with E-state index in [0.29, 0.717) is 32.7 Å². The molecule has 1 aliphatic rings. The minimum Gasteiger partial charge on any atom is -0.494 e. The minimum absolute atomic E-state index is 0.0731. The van der Waals surface area contributed by atoms with Crippen LogP contribution in [0.5, 0.6) is 5.75 Å². The van der Waals surface area contributed by atoms with Crippen LogP contribution in [0.2, 0.25) is 0 Å². The van der Waals surface area contributed by atoms with Crippen LogP contribution >= 0.6 is 0 Å². The molecular formula is C17H24N2O4. The van der Waals surface area contributed by atoms with Gasteiger partial charge in [-0.05, 0) is 42.5 Å². The molecule has 0 aliphatic carbocycles. The third-order valence-electron chi connectivity index (χ3n) is 3.79. The summed E-state index contributed by atoms with van der Waals surface area (Å²) in [6.07, 6.45) is 2.31. The average Bonchev–Trinajstić information content (AvgIpc) is 2.55. The summed E-state index contributed by atoms with van der Waals surface area (Å²) in [4.78, 5) is 24.3. The predicted molar refractivity (Wildman–Crippen MR) is 86.6 cm³/mol. The van der Waals surface area contributed by atoms with Crippen LogP contribution in [0.1, 0.15) is 37.3 Å². The highest BCUT2D eigenvalue weighted by molar-refractivity contribution is 5.74. The number of carbonyl (C=O) groups is 2. The van der Waals surface area contributed by atoms with E-state index in [1.165, 1.54) is 5.56 Å². The van der Waals surface area contributed by atoms with E-state index in [2.05, 4.69) is 18.3 Å². The fourth-order valence-electron chi connectivity index (χ4n) is 2.56. The highest BCUT2D eigenvalue weighted by atomic mass is 16.5. The van der Waals surface area contributed by atoms with Crippen molar-refractivity contribution in [3.8, 4) is 5.75 Å². The average molecular weight is 320 g/mol. The first-order valence-corrected chi connectivity index (χ1v) is 8.09. The molecule has 2 amide bonds. The lowest BCUT2D eigenvalue weighted by Gasteiger charge is -2.29. The van der Waals surface area contributed by atoms with Gasteiger partial charge in [0.2, 0.25) is 0 Å². The van der Waals surface area contributed by atoms with Crippen molar-refractivity contribution in [3.05, 3.63) is 29.3 Å². The summed E-state index contributed by atoms with van der Waals surface area (Å²) in [6.45, 7) is 4.41. The third-order valence-corrected chi connectivity index (χ3v) is 3.79. The molecule has 2 rings (SSSR count). The van der Waals surface area contributed by atoms with Crippen molar-refractivity contribution in [2.24, 2.45) is 0 Å². The number of carboxylic acid groups (broad SMARTS) is 1. The van der Waals surface area contributed by atoms with E-state index in [1.807, 2.05) is 12.1 Å². The topological polar surface area (TPSA) is 78.9 Å². The summed E-state index contributed by atoms with van der Waals surface area (Å²) in [7, 11) is 0. The molecule has 0 spiro atoms. The Morgan fingerprint density at radius 3 is 2.91 bits per heavy atom.